The van der Waals surface area contributed by atoms with E-state index in [9.17, 15) is 4.79 Å². The number of hydrogen-bond acceptors (Lipinski definition) is 4. The number of carbonyl (C=O) groups is 1. The van der Waals surface area contributed by atoms with E-state index in [1.165, 1.54) is 5.56 Å². The molecular formula is C16H21N3OS. The van der Waals surface area contributed by atoms with Crippen molar-refractivity contribution in [3.05, 3.63) is 51.7 Å². The van der Waals surface area contributed by atoms with E-state index in [1.807, 2.05) is 36.6 Å². The number of nitrogens with two attached hydrogens (primary N) is 2. The number of thiophene rings is 1. The Bertz CT molecular complexity index is 621. The largest absolute Gasteiger partial charge is 0.399 e. The number of benzene rings is 1. The van der Waals surface area contributed by atoms with Crippen molar-refractivity contribution in [2.75, 3.05) is 5.73 Å². The van der Waals surface area contributed by atoms with Crippen LogP contribution in [0.5, 0.6) is 0 Å². The Morgan fingerprint density at radius 1 is 1.33 bits per heavy atom. The van der Waals surface area contributed by atoms with Crippen LogP contribution in [0.25, 0.3) is 0 Å². The second-order valence-corrected chi connectivity index (χ2v) is 6.17. The van der Waals surface area contributed by atoms with Crippen molar-refractivity contribution >= 4 is 22.9 Å². The molecule has 1 aromatic carbocycles. The lowest BCUT2D eigenvalue weighted by molar-refractivity contribution is -0.122. The monoisotopic (exact) mass is 303 g/mol. The third kappa shape index (κ3) is 3.83. The highest BCUT2D eigenvalue weighted by Crippen LogP contribution is 2.28. The molecule has 0 bridgehead atoms. The molecule has 21 heavy (non-hydrogen) atoms. The molecule has 0 saturated carbocycles. The summed E-state index contributed by atoms with van der Waals surface area (Å²) in [5.74, 6) is -0.151. The number of nitrogen functional groups attached to an aromatic ring is 1. The second kappa shape index (κ2) is 6.74. The zero-order chi connectivity index (χ0) is 15.4. The van der Waals surface area contributed by atoms with Gasteiger partial charge in [-0.05, 0) is 48.9 Å². The molecule has 4 nitrogen and oxygen atoms in total. The Balaban J connectivity index is 2.26. The third-order valence-corrected chi connectivity index (χ3v) is 4.56. The van der Waals surface area contributed by atoms with Gasteiger partial charge in [0.25, 0.3) is 0 Å². The Kier molecular flexibility index (Phi) is 4.98. The topological polar surface area (TPSA) is 81.1 Å². The summed E-state index contributed by atoms with van der Waals surface area (Å²) in [5, 5.41) is 5.06. The molecule has 0 aliphatic heterocycles. The molecule has 2 rings (SSSR count). The molecule has 2 unspecified atom stereocenters. The maximum absolute atomic E-state index is 12.0. The summed E-state index contributed by atoms with van der Waals surface area (Å²) in [6.07, 6.45) is 0.659. The lowest BCUT2D eigenvalue weighted by Crippen LogP contribution is -2.40. The first-order chi connectivity index (χ1) is 9.99. The van der Waals surface area contributed by atoms with Crippen LogP contribution in [0.15, 0.2) is 35.7 Å². The highest BCUT2D eigenvalue weighted by molar-refractivity contribution is 7.10. The van der Waals surface area contributed by atoms with E-state index in [2.05, 4.69) is 11.4 Å². The van der Waals surface area contributed by atoms with Gasteiger partial charge in [-0.3, -0.25) is 4.79 Å². The number of anilines is 1. The van der Waals surface area contributed by atoms with Crippen molar-refractivity contribution in [2.24, 2.45) is 5.73 Å². The molecule has 0 aliphatic rings. The molecule has 1 aromatic heterocycles. The zero-order valence-electron chi connectivity index (χ0n) is 12.3. The predicted octanol–water partition coefficient (Wildman–Crippen LogP) is 2.39. The Labute approximate surface area is 129 Å². The lowest BCUT2D eigenvalue weighted by atomic mass is 10.0. The molecule has 1 amide bonds. The minimum Gasteiger partial charge on any atom is -0.399 e. The number of carbonyl (C=O) groups excluding carboxylic acids is 1. The number of hydrogen-bond donors (Lipinski definition) is 3. The molecule has 2 atom stereocenters. The Hall–Kier alpha value is -1.85. The number of nitrogens with one attached hydrogen (secondary N) is 1. The standard InChI is InChI=1S/C16H21N3OS/c1-10-7-8-21-15(10)14(19-16(20)11(2)17)9-12-5-3-4-6-13(12)18/h3-8,11,14H,9,17-18H2,1-2H3,(H,19,20). The van der Waals surface area contributed by atoms with Crippen molar-refractivity contribution in [2.45, 2.75) is 32.4 Å². The van der Waals surface area contributed by atoms with E-state index < -0.39 is 6.04 Å². The van der Waals surface area contributed by atoms with Crippen LogP contribution in [-0.2, 0) is 11.2 Å². The number of amides is 1. The fourth-order valence-electron chi connectivity index (χ4n) is 2.19. The fraction of sp³-hybridized carbons (Fsp3) is 0.312. The van der Waals surface area contributed by atoms with Gasteiger partial charge in [-0.2, -0.15) is 0 Å². The first kappa shape index (κ1) is 15.5. The van der Waals surface area contributed by atoms with Gasteiger partial charge in [-0.25, -0.2) is 0 Å². The second-order valence-electron chi connectivity index (χ2n) is 5.22. The minimum absolute atomic E-state index is 0.104. The SMILES string of the molecule is Cc1ccsc1C(Cc1ccccc1N)NC(=O)C(C)N. The van der Waals surface area contributed by atoms with Crippen LogP contribution in [0, 0.1) is 6.92 Å². The number of rotatable bonds is 5. The average molecular weight is 303 g/mol. The molecular weight excluding hydrogens is 282 g/mol. The summed E-state index contributed by atoms with van der Waals surface area (Å²) in [6, 6.07) is 9.15. The van der Waals surface area contributed by atoms with Crippen molar-refractivity contribution in [3.63, 3.8) is 0 Å². The van der Waals surface area contributed by atoms with Crippen molar-refractivity contribution < 1.29 is 4.79 Å². The Morgan fingerprint density at radius 2 is 2.05 bits per heavy atom. The highest BCUT2D eigenvalue weighted by atomic mass is 32.1. The number of para-hydroxylation sites is 1. The molecule has 0 fully saturated rings. The van der Waals surface area contributed by atoms with Crippen LogP contribution in [0.4, 0.5) is 5.69 Å². The molecule has 112 valence electrons. The van der Waals surface area contributed by atoms with E-state index in [0.717, 1.165) is 16.1 Å². The summed E-state index contributed by atoms with van der Waals surface area (Å²) in [4.78, 5) is 13.1. The summed E-state index contributed by atoms with van der Waals surface area (Å²) < 4.78 is 0. The predicted molar refractivity (Wildman–Crippen MR) is 88.1 cm³/mol. The number of aryl methyl sites for hydroxylation is 1. The molecule has 0 spiro atoms. The van der Waals surface area contributed by atoms with Gasteiger partial charge in [-0.15, -0.1) is 11.3 Å². The van der Waals surface area contributed by atoms with Gasteiger partial charge in [-0.1, -0.05) is 18.2 Å². The average Bonchev–Trinajstić information content (AvgIpc) is 2.86. The molecule has 0 saturated heterocycles. The van der Waals surface area contributed by atoms with Crippen LogP contribution in [0.1, 0.15) is 29.0 Å². The van der Waals surface area contributed by atoms with Gasteiger partial charge in [0, 0.05) is 10.6 Å². The maximum Gasteiger partial charge on any atom is 0.237 e. The van der Waals surface area contributed by atoms with Crippen LogP contribution in [0.2, 0.25) is 0 Å². The van der Waals surface area contributed by atoms with Crippen molar-refractivity contribution in [1.29, 1.82) is 0 Å². The normalized spacial score (nSPS) is 13.7. The Morgan fingerprint density at radius 3 is 2.62 bits per heavy atom. The van der Waals surface area contributed by atoms with E-state index in [1.54, 1.807) is 18.3 Å². The first-order valence-electron chi connectivity index (χ1n) is 6.92. The van der Waals surface area contributed by atoms with Gasteiger partial charge in [0.2, 0.25) is 5.91 Å². The van der Waals surface area contributed by atoms with E-state index >= 15 is 0 Å². The quantitative estimate of drug-likeness (QED) is 0.742. The summed E-state index contributed by atoms with van der Waals surface area (Å²) in [5.41, 5.74) is 14.6. The van der Waals surface area contributed by atoms with Crippen LogP contribution in [-0.4, -0.2) is 11.9 Å². The summed E-state index contributed by atoms with van der Waals surface area (Å²) in [7, 11) is 0. The van der Waals surface area contributed by atoms with Crippen LogP contribution >= 0.6 is 11.3 Å². The van der Waals surface area contributed by atoms with Gasteiger partial charge in [0.05, 0.1) is 12.1 Å². The van der Waals surface area contributed by atoms with Gasteiger partial charge < -0.3 is 16.8 Å². The molecule has 1 heterocycles. The highest BCUT2D eigenvalue weighted by Gasteiger charge is 2.20. The minimum atomic E-state index is -0.527. The maximum atomic E-state index is 12.0. The summed E-state index contributed by atoms with van der Waals surface area (Å²) in [6.45, 7) is 3.73. The van der Waals surface area contributed by atoms with Crippen LogP contribution in [0.3, 0.4) is 0 Å². The smallest absolute Gasteiger partial charge is 0.237 e. The first-order valence-corrected chi connectivity index (χ1v) is 7.80. The van der Waals surface area contributed by atoms with Gasteiger partial charge in [0.15, 0.2) is 0 Å². The van der Waals surface area contributed by atoms with Gasteiger partial charge in [0.1, 0.15) is 0 Å². The molecule has 0 radical (unpaired) electrons. The molecule has 2 aromatic rings. The van der Waals surface area contributed by atoms with E-state index in [4.69, 9.17) is 11.5 Å². The third-order valence-electron chi connectivity index (χ3n) is 3.43. The fourth-order valence-corrected chi connectivity index (χ4v) is 3.17. The van der Waals surface area contributed by atoms with Crippen LogP contribution < -0.4 is 16.8 Å². The molecule has 5 N–H and O–H groups in total. The molecule has 0 aliphatic carbocycles. The van der Waals surface area contributed by atoms with Crippen molar-refractivity contribution in [3.8, 4) is 0 Å². The van der Waals surface area contributed by atoms with E-state index in [-0.39, 0.29) is 11.9 Å². The van der Waals surface area contributed by atoms with Crippen molar-refractivity contribution in [1.82, 2.24) is 5.32 Å². The van der Waals surface area contributed by atoms with Gasteiger partial charge >= 0.3 is 0 Å². The lowest BCUT2D eigenvalue weighted by Gasteiger charge is -2.21. The van der Waals surface area contributed by atoms with E-state index in [0.29, 0.717) is 6.42 Å². The zero-order valence-corrected chi connectivity index (χ0v) is 13.1. The summed E-state index contributed by atoms with van der Waals surface area (Å²) >= 11 is 1.64. The molecule has 5 heteroatoms.